The van der Waals surface area contributed by atoms with Crippen molar-refractivity contribution in [3.8, 4) is 34.5 Å². The summed E-state index contributed by atoms with van der Waals surface area (Å²) in [6.45, 7) is 0. The van der Waals surface area contributed by atoms with Gasteiger partial charge in [0.15, 0.2) is 11.5 Å². The number of hydrogen-bond donors (Lipinski definition) is 6. The van der Waals surface area contributed by atoms with Gasteiger partial charge in [0.25, 0.3) is 0 Å². The number of phenols is 6. The second-order valence-corrected chi connectivity index (χ2v) is 5.67. The van der Waals surface area contributed by atoms with Crippen LogP contribution in [-0.4, -0.2) is 30.6 Å². The highest BCUT2D eigenvalue weighted by Crippen LogP contribution is 2.44. The first-order valence-corrected chi connectivity index (χ1v) is 7.42. The van der Waals surface area contributed by atoms with E-state index in [0.717, 1.165) is 0 Å². The Kier molecular flexibility index (Phi) is 4.02. The number of rotatable bonds is 3. The van der Waals surface area contributed by atoms with Crippen LogP contribution in [0.5, 0.6) is 34.5 Å². The number of phenolic OH excluding ortho intramolecular Hbond substituents is 6. The van der Waals surface area contributed by atoms with Crippen LogP contribution in [0, 0.1) is 0 Å². The summed E-state index contributed by atoms with van der Waals surface area (Å²) in [5, 5.41) is 59.4. The lowest BCUT2D eigenvalue weighted by Gasteiger charge is -2.21. The monoisotopic (exact) mass is 340 g/mol. The second-order valence-electron chi connectivity index (χ2n) is 5.67. The molecule has 0 spiro atoms. The SMILES string of the molecule is Oc1ccc(O)c(C(c2ccc(O)c(O)c2)c2cc(O)ccc2O)c1. The van der Waals surface area contributed by atoms with Gasteiger partial charge in [-0.25, -0.2) is 0 Å². The van der Waals surface area contributed by atoms with Gasteiger partial charge < -0.3 is 30.6 Å². The fourth-order valence-electron chi connectivity index (χ4n) is 2.79. The van der Waals surface area contributed by atoms with Crippen LogP contribution in [0.25, 0.3) is 0 Å². The van der Waals surface area contributed by atoms with Gasteiger partial charge in [-0.2, -0.15) is 0 Å². The average molecular weight is 340 g/mol. The van der Waals surface area contributed by atoms with Gasteiger partial charge in [-0.05, 0) is 54.1 Å². The number of hydrogen-bond acceptors (Lipinski definition) is 6. The summed E-state index contributed by atoms with van der Waals surface area (Å²) in [5.74, 6) is -1.98. The van der Waals surface area contributed by atoms with Crippen LogP contribution in [0.3, 0.4) is 0 Å². The van der Waals surface area contributed by atoms with Gasteiger partial charge in [0.1, 0.15) is 23.0 Å². The molecule has 0 radical (unpaired) electrons. The summed E-state index contributed by atoms with van der Waals surface area (Å²) in [4.78, 5) is 0. The molecular formula is C19H16O6. The van der Waals surface area contributed by atoms with Crippen LogP contribution < -0.4 is 0 Å². The van der Waals surface area contributed by atoms with Gasteiger partial charge >= 0.3 is 0 Å². The van der Waals surface area contributed by atoms with Crippen LogP contribution in [0.15, 0.2) is 54.6 Å². The van der Waals surface area contributed by atoms with Crippen molar-refractivity contribution >= 4 is 0 Å². The molecule has 0 aromatic heterocycles. The summed E-state index contributed by atoms with van der Waals surface area (Å²) in [7, 11) is 0. The fraction of sp³-hybridized carbons (Fsp3) is 0.0526. The number of benzene rings is 3. The van der Waals surface area contributed by atoms with Crippen molar-refractivity contribution in [1.82, 2.24) is 0 Å². The Morgan fingerprint density at radius 2 is 0.960 bits per heavy atom. The minimum Gasteiger partial charge on any atom is -0.508 e. The van der Waals surface area contributed by atoms with E-state index in [2.05, 4.69) is 0 Å². The Bertz CT molecular complexity index is 884. The molecule has 3 rings (SSSR count). The molecule has 0 aliphatic heterocycles. The Morgan fingerprint density at radius 3 is 1.44 bits per heavy atom. The molecule has 0 heterocycles. The minimum atomic E-state index is -0.814. The van der Waals surface area contributed by atoms with Crippen molar-refractivity contribution in [1.29, 1.82) is 0 Å². The molecule has 0 aliphatic carbocycles. The van der Waals surface area contributed by atoms with E-state index in [1.807, 2.05) is 0 Å². The van der Waals surface area contributed by atoms with Gasteiger partial charge in [-0.15, -0.1) is 0 Å². The van der Waals surface area contributed by atoms with Crippen molar-refractivity contribution in [2.24, 2.45) is 0 Å². The second kappa shape index (κ2) is 6.16. The van der Waals surface area contributed by atoms with Gasteiger partial charge in [-0.1, -0.05) is 6.07 Å². The fourth-order valence-corrected chi connectivity index (χ4v) is 2.79. The summed E-state index contributed by atoms with van der Waals surface area (Å²) >= 11 is 0. The first-order chi connectivity index (χ1) is 11.9. The molecule has 25 heavy (non-hydrogen) atoms. The predicted molar refractivity (Wildman–Crippen MR) is 90.3 cm³/mol. The highest BCUT2D eigenvalue weighted by Gasteiger charge is 2.24. The molecule has 0 unspecified atom stereocenters. The van der Waals surface area contributed by atoms with E-state index in [4.69, 9.17) is 0 Å². The van der Waals surface area contributed by atoms with Crippen molar-refractivity contribution in [2.45, 2.75) is 5.92 Å². The quantitative estimate of drug-likeness (QED) is 0.247. The molecule has 6 nitrogen and oxygen atoms in total. The van der Waals surface area contributed by atoms with Gasteiger partial charge in [0, 0.05) is 17.0 Å². The molecule has 128 valence electrons. The summed E-state index contributed by atoms with van der Waals surface area (Å²) < 4.78 is 0. The van der Waals surface area contributed by atoms with Crippen molar-refractivity contribution in [3.63, 3.8) is 0 Å². The highest BCUT2D eigenvalue weighted by molar-refractivity contribution is 5.57. The third-order valence-electron chi connectivity index (χ3n) is 3.98. The smallest absolute Gasteiger partial charge is 0.157 e. The molecule has 3 aromatic carbocycles. The zero-order chi connectivity index (χ0) is 18.1. The van der Waals surface area contributed by atoms with Crippen molar-refractivity contribution < 1.29 is 30.6 Å². The molecule has 0 saturated carbocycles. The van der Waals surface area contributed by atoms with Crippen LogP contribution in [0.4, 0.5) is 0 Å². The Balaban J connectivity index is 2.29. The summed E-state index contributed by atoms with van der Waals surface area (Å²) in [6.07, 6.45) is 0. The molecule has 6 N–H and O–H groups in total. The Hall–Kier alpha value is -3.54. The van der Waals surface area contributed by atoms with Gasteiger partial charge in [0.05, 0.1) is 0 Å². The van der Waals surface area contributed by atoms with Gasteiger partial charge in [0.2, 0.25) is 0 Å². The first-order valence-electron chi connectivity index (χ1n) is 7.42. The molecule has 0 aliphatic rings. The lowest BCUT2D eigenvalue weighted by Crippen LogP contribution is -2.04. The molecular weight excluding hydrogens is 324 g/mol. The van der Waals surface area contributed by atoms with E-state index in [0.29, 0.717) is 5.56 Å². The van der Waals surface area contributed by atoms with Crippen LogP contribution in [-0.2, 0) is 0 Å². The van der Waals surface area contributed by atoms with E-state index < -0.39 is 5.92 Å². The van der Waals surface area contributed by atoms with E-state index >= 15 is 0 Å². The maximum atomic E-state index is 10.2. The van der Waals surface area contributed by atoms with E-state index in [1.165, 1.54) is 54.6 Å². The molecule has 0 amide bonds. The topological polar surface area (TPSA) is 121 Å². The third-order valence-corrected chi connectivity index (χ3v) is 3.98. The zero-order valence-corrected chi connectivity index (χ0v) is 13.0. The average Bonchev–Trinajstić information content (AvgIpc) is 2.57. The molecule has 6 heteroatoms. The first kappa shape index (κ1) is 16.3. The predicted octanol–water partition coefficient (Wildman–Crippen LogP) is 3.10. The molecule has 0 bridgehead atoms. The minimum absolute atomic E-state index is 0.0968. The lowest BCUT2D eigenvalue weighted by atomic mass is 9.83. The Labute approximate surface area is 143 Å². The largest absolute Gasteiger partial charge is 0.508 e. The lowest BCUT2D eigenvalue weighted by molar-refractivity contribution is 0.403. The summed E-state index contributed by atoms with van der Waals surface area (Å²) in [5.41, 5.74) is 0.939. The van der Waals surface area contributed by atoms with E-state index in [9.17, 15) is 30.6 Å². The van der Waals surface area contributed by atoms with Crippen LogP contribution in [0.1, 0.15) is 22.6 Å². The van der Waals surface area contributed by atoms with Gasteiger partial charge in [-0.3, -0.25) is 0 Å². The zero-order valence-electron chi connectivity index (χ0n) is 13.0. The standard InChI is InChI=1S/C19H16O6/c20-11-2-5-15(22)13(8-11)19(10-1-4-17(24)18(25)7-10)14-9-12(21)3-6-16(14)23/h1-9,19-25H. The maximum absolute atomic E-state index is 10.2. The van der Waals surface area contributed by atoms with Crippen molar-refractivity contribution in [2.75, 3.05) is 0 Å². The Morgan fingerprint density at radius 1 is 0.480 bits per heavy atom. The number of aromatic hydroxyl groups is 6. The molecule has 0 saturated heterocycles. The summed E-state index contributed by atoms with van der Waals surface area (Å²) in [6, 6.07) is 12.0. The normalized spacial score (nSPS) is 10.9. The van der Waals surface area contributed by atoms with Crippen molar-refractivity contribution in [3.05, 3.63) is 71.3 Å². The molecule has 0 atom stereocenters. The van der Waals surface area contributed by atoms with E-state index in [1.54, 1.807) is 0 Å². The maximum Gasteiger partial charge on any atom is 0.157 e. The molecule has 3 aromatic rings. The van der Waals surface area contributed by atoms with Crippen LogP contribution >= 0.6 is 0 Å². The van der Waals surface area contributed by atoms with Crippen LogP contribution in [0.2, 0.25) is 0 Å². The third kappa shape index (κ3) is 3.10. The highest BCUT2D eigenvalue weighted by atomic mass is 16.3. The van der Waals surface area contributed by atoms with E-state index in [-0.39, 0.29) is 45.6 Å². The molecule has 0 fully saturated rings.